The number of hydrogen-bond acceptors (Lipinski definition) is 5. The van der Waals surface area contributed by atoms with E-state index in [4.69, 9.17) is 0 Å². The molecule has 0 radical (unpaired) electrons. The average Bonchev–Trinajstić information content (AvgIpc) is 3.30. The van der Waals surface area contributed by atoms with Crippen LogP contribution in [0.2, 0.25) is 0 Å². The first-order chi connectivity index (χ1) is 15.7. The highest BCUT2D eigenvalue weighted by atomic mass is 32.2. The Bertz CT molecular complexity index is 1180. The molecule has 33 heavy (non-hydrogen) atoms. The first-order valence-corrected chi connectivity index (χ1v) is 12.2. The van der Waals surface area contributed by atoms with Crippen molar-refractivity contribution >= 4 is 27.4 Å². The van der Waals surface area contributed by atoms with E-state index >= 15 is 0 Å². The highest BCUT2D eigenvalue weighted by molar-refractivity contribution is 7.89. The molecule has 0 aliphatic carbocycles. The lowest BCUT2D eigenvalue weighted by Gasteiger charge is -2.38. The van der Waals surface area contributed by atoms with Crippen molar-refractivity contribution in [2.45, 2.75) is 30.7 Å². The number of piperazine rings is 1. The van der Waals surface area contributed by atoms with E-state index in [9.17, 15) is 26.8 Å². The summed E-state index contributed by atoms with van der Waals surface area (Å²) in [5, 5.41) is 0. The summed E-state index contributed by atoms with van der Waals surface area (Å²) in [5.74, 6) is -1.88. The molecule has 0 spiro atoms. The molecule has 0 bridgehead atoms. The van der Waals surface area contributed by atoms with Gasteiger partial charge in [0.25, 0.3) is 0 Å². The van der Waals surface area contributed by atoms with Gasteiger partial charge in [-0.05, 0) is 50.1 Å². The number of rotatable bonds is 5. The Kier molecular flexibility index (Phi) is 6.49. The smallest absolute Gasteiger partial charge is 0.246 e. The fraction of sp³-hybridized carbons (Fsp3) is 0.391. The van der Waals surface area contributed by atoms with E-state index in [1.807, 2.05) is 0 Å². The monoisotopic (exact) mass is 477 g/mol. The number of benzene rings is 2. The van der Waals surface area contributed by atoms with Gasteiger partial charge in [-0.15, -0.1) is 0 Å². The lowest BCUT2D eigenvalue weighted by atomic mass is 10.1. The van der Waals surface area contributed by atoms with Gasteiger partial charge in [0.15, 0.2) is 5.78 Å². The van der Waals surface area contributed by atoms with Crippen molar-refractivity contribution in [1.29, 1.82) is 0 Å². The Hall–Kier alpha value is -2.85. The molecule has 2 aromatic rings. The van der Waals surface area contributed by atoms with Crippen molar-refractivity contribution in [3.8, 4) is 0 Å². The van der Waals surface area contributed by atoms with Crippen molar-refractivity contribution < 1.29 is 26.8 Å². The third kappa shape index (κ3) is 4.49. The maximum atomic E-state index is 14.5. The summed E-state index contributed by atoms with van der Waals surface area (Å²) in [4.78, 5) is 27.6. The van der Waals surface area contributed by atoms with Gasteiger partial charge >= 0.3 is 0 Å². The number of carbonyl (C=O) groups is 2. The van der Waals surface area contributed by atoms with Gasteiger partial charge in [-0.1, -0.05) is 12.1 Å². The first-order valence-electron chi connectivity index (χ1n) is 10.8. The van der Waals surface area contributed by atoms with Crippen molar-refractivity contribution in [3.05, 3.63) is 59.7 Å². The third-order valence-corrected chi connectivity index (χ3v) is 8.14. The molecule has 176 valence electrons. The van der Waals surface area contributed by atoms with E-state index in [0.29, 0.717) is 50.3 Å². The number of hydrogen-bond donors (Lipinski definition) is 0. The highest BCUT2D eigenvalue weighted by Gasteiger charge is 2.42. The van der Waals surface area contributed by atoms with Crippen molar-refractivity contribution in [2.24, 2.45) is 0 Å². The Labute approximate surface area is 191 Å². The minimum Gasteiger partial charge on any atom is -0.366 e. The van der Waals surface area contributed by atoms with Gasteiger partial charge in [0, 0.05) is 38.3 Å². The highest BCUT2D eigenvalue weighted by Crippen LogP contribution is 2.29. The van der Waals surface area contributed by atoms with Crippen LogP contribution in [0.3, 0.4) is 0 Å². The Morgan fingerprint density at radius 2 is 1.64 bits per heavy atom. The summed E-state index contributed by atoms with van der Waals surface area (Å²) in [6.45, 7) is 2.87. The lowest BCUT2D eigenvalue weighted by molar-refractivity contribution is -0.134. The molecule has 0 N–H and O–H groups in total. The van der Waals surface area contributed by atoms with Crippen LogP contribution >= 0.6 is 0 Å². The molecule has 2 heterocycles. The van der Waals surface area contributed by atoms with Gasteiger partial charge in [-0.3, -0.25) is 9.59 Å². The second-order valence-corrected chi connectivity index (χ2v) is 10.1. The molecule has 1 unspecified atom stereocenters. The molecule has 2 aliphatic rings. The number of ketones is 1. The van der Waals surface area contributed by atoms with Crippen molar-refractivity contribution in [1.82, 2.24) is 9.21 Å². The summed E-state index contributed by atoms with van der Waals surface area (Å²) in [5.41, 5.74) is 0.652. The quantitative estimate of drug-likeness (QED) is 0.619. The van der Waals surface area contributed by atoms with Gasteiger partial charge in [0.2, 0.25) is 15.9 Å². The summed E-state index contributed by atoms with van der Waals surface area (Å²) in [6, 6.07) is 8.61. The predicted octanol–water partition coefficient (Wildman–Crippen LogP) is 2.67. The number of halogens is 2. The van der Waals surface area contributed by atoms with Crippen LogP contribution in [0.1, 0.15) is 30.1 Å². The summed E-state index contributed by atoms with van der Waals surface area (Å²) < 4.78 is 55.9. The van der Waals surface area contributed by atoms with E-state index in [-0.39, 0.29) is 18.2 Å². The van der Waals surface area contributed by atoms with Crippen LogP contribution in [0, 0.1) is 11.6 Å². The fourth-order valence-corrected chi connectivity index (χ4v) is 6.13. The van der Waals surface area contributed by atoms with Crippen LogP contribution in [-0.4, -0.2) is 68.1 Å². The van der Waals surface area contributed by atoms with Gasteiger partial charge in [-0.25, -0.2) is 17.2 Å². The number of nitrogens with zero attached hydrogens (tertiary/aromatic N) is 3. The maximum Gasteiger partial charge on any atom is 0.246 e. The van der Waals surface area contributed by atoms with Gasteiger partial charge < -0.3 is 9.80 Å². The molecule has 0 aromatic heterocycles. The Morgan fingerprint density at radius 3 is 2.27 bits per heavy atom. The molecule has 1 amide bonds. The van der Waals surface area contributed by atoms with Crippen LogP contribution in [-0.2, 0) is 14.8 Å². The van der Waals surface area contributed by atoms with E-state index in [1.54, 1.807) is 21.9 Å². The average molecular weight is 478 g/mol. The Balaban J connectivity index is 1.45. The Morgan fingerprint density at radius 1 is 0.939 bits per heavy atom. The molecule has 2 saturated heterocycles. The van der Waals surface area contributed by atoms with Crippen LogP contribution in [0.5, 0.6) is 0 Å². The molecule has 1 atom stereocenters. The molecule has 2 aromatic carbocycles. The van der Waals surface area contributed by atoms with E-state index in [1.165, 1.54) is 31.2 Å². The second-order valence-electron chi connectivity index (χ2n) is 8.24. The zero-order valence-electron chi connectivity index (χ0n) is 18.2. The summed E-state index contributed by atoms with van der Waals surface area (Å²) in [7, 11) is -4.15. The molecule has 2 fully saturated rings. The standard InChI is InChI=1S/C23H25F2N3O4S/c1-16(29)17-8-9-20(19(25)15-17)26-11-13-27(14-12-26)23(30)21-6-4-10-28(21)33(31,32)22-7-3-2-5-18(22)24/h2-3,5,7-9,15,21H,4,6,10-14H2,1H3. The second kappa shape index (κ2) is 9.18. The largest absolute Gasteiger partial charge is 0.366 e. The molecule has 7 nitrogen and oxygen atoms in total. The maximum absolute atomic E-state index is 14.5. The molecule has 10 heteroatoms. The van der Waals surface area contributed by atoms with Gasteiger partial charge in [0.05, 0.1) is 5.69 Å². The van der Waals surface area contributed by atoms with E-state index < -0.39 is 32.6 Å². The van der Waals surface area contributed by atoms with Crippen LogP contribution in [0.4, 0.5) is 14.5 Å². The van der Waals surface area contributed by atoms with Crippen LogP contribution < -0.4 is 4.90 Å². The molecular formula is C23H25F2N3O4S. The zero-order valence-corrected chi connectivity index (χ0v) is 19.0. The first kappa shape index (κ1) is 23.3. The lowest BCUT2D eigenvalue weighted by Crippen LogP contribution is -2.54. The number of carbonyl (C=O) groups excluding carboxylic acids is 2. The van der Waals surface area contributed by atoms with Gasteiger partial charge in [-0.2, -0.15) is 4.31 Å². The SMILES string of the molecule is CC(=O)c1ccc(N2CCN(C(=O)C3CCCN3S(=O)(=O)c3ccccc3F)CC2)c(F)c1. The number of Topliss-reactive ketones (excluding diaryl/α,β-unsaturated/α-hetero) is 1. The minimum absolute atomic E-state index is 0.154. The molecule has 2 aliphatic heterocycles. The molecular weight excluding hydrogens is 452 g/mol. The summed E-state index contributed by atoms with van der Waals surface area (Å²) in [6.07, 6.45) is 0.881. The van der Waals surface area contributed by atoms with Crippen LogP contribution in [0.25, 0.3) is 0 Å². The van der Waals surface area contributed by atoms with Gasteiger partial charge in [0.1, 0.15) is 22.6 Å². The zero-order chi connectivity index (χ0) is 23.8. The van der Waals surface area contributed by atoms with E-state index in [2.05, 4.69) is 0 Å². The van der Waals surface area contributed by atoms with Crippen molar-refractivity contribution in [2.75, 3.05) is 37.6 Å². The van der Waals surface area contributed by atoms with Crippen molar-refractivity contribution in [3.63, 3.8) is 0 Å². The number of sulfonamides is 1. The van der Waals surface area contributed by atoms with Crippen LogP contribution in [0.15, 0.2) is 47.4 Å². The normalized spacial score (nSPS) is 19.7. The summed E-state index contributed by atoms with van der Waals surface area (Å²) >= 11 is 0. The fourth-order valence-electron chi connectivity index (χ4n) is 4.42. The predicted molar refractivity (Wildman–Crippen MR) is 119 cm³/mol. The minimum atomic E-state index is -4.15. The molecule has 0 saturated carbocycles. The van der Waals surface area contributed by atoms with E-state index in [0.717, 1.165) is 10.4 Å². The third-order valence-electron chi connectivity index (χ3n) is 6.20. The number of anilines is 1. The topological polar surface area (TPSA) is 78.0 Å². The molecule has 4 rings (SSSR count). The number of amides is 1.